The number of nitroso groups, excluding NO2 is 1. The summed E-state index contributed by atoms with van der Waals surface area (Å²) < 4.78 is 6.00. The lowest BCUT2D eigenvalue weighted by Gasteiger charge is -2.37. The van der Waals surface area contributed by atoms with E-state index in [0.717, 1.165) is 17.0 Å². The Kier molecular flexibility index (Phi) is 3.38. The van der Waals surface area contributed by atoms with E-state index in [4.69, 9.17) is 10.00 Å². The van der Waals surface area contributed by atoms with Crippen LogP contribution in [0.15, 0.2) is 41.6 Å². The van der Waals surface area contributed by atoms with Gasteiger partial charge in [0.15, 0.2) is 5.82 Å². The topological polar surface area (TPSA) is 75.3 Å². The van der Waals surface area contributed by atoms with Crippen molar-refractivity contribution >= 4 is 5.82 Å². The van der Waals surface area contributed by atoms with Crippen molar-refractivity contribution in [2.45, 2.75) is 31.8 Å². The highest BCUT2D eigenvalue weighted by Gasteiger charge is 2.35. The minimum atomic E-state index is -0.349. The molecule has 0 bridgehead atoms. The van der Waals surface area contributed by atoms with Crippen molar-refractivity contribution in [2.24, 2.45) is 5.18 Å². The van der Waals surface area contributed by atoms with E-state index in [1.54, 1.807) is 18.2 Å². The van der Waals surface area contributed by atoms with Crippen LogP contribution in [-0.2, 0) is 0 Å². The molecule has 3 rings (SSSR count). The van der Waals surface area contributed by atoms with E-state index in [-0.39, 0.29) is 17.3 Å². The Hall–Kier alpha value is -2.74. The van der Waals surface area contributed by atoms with Gasteiger partial charge in [0.1, 0.15) is 11.4 Å². The third-order valence-electron chi connectivity index (χ3n) is 3.80. The van der Waals surface area contributed by atoms with Gasteiger partial charge < -0.3 is 4.74 Å². The minimum absolute atomic E-state index is 0.0336. The average Bonchev–Trinajstić information content (AvgIpc) is 2.53. The molecule has 5 heteroatoms. The Morgan fingerprint density at radius 2 is 2.18 bits per heavy atom. The normalized spacial score (nSPS) is 18.7. The molecule has 1 aromatic carbocycles. The van der Waals surface area contributed by atoms with Gasteiger partial charge in [-0.25, -0.2) is 4.98 Å². The summed E-state index contributed by atoms with van der Waals surface area (Å²) in [6.45, 7) is 4.03. The van der Waals surface area contributed by atoms with Crippen LogP contribution in [0.2, 0.25) is 0 Å². The molecule has 1 aromatic heterocycles. The van der Waals surface area contributed by atoms with Gasteiger partial charge in [0.2, 0.25) is 0 Å². The first-order valence-corrected chi connectivity index (χ1v) is 7.06. The molecule has 0 spiro atoms. The molecule has 1 atom stereocenters. The molecular formula is C17H15N3O2. The van der Waals surface area contributed by atoms with Gasteiger partial charge in [-0.05, 0) is 55.8 Å². The van der Waals surface area contributed by atoms with Crippen molar-refractivity contribution in [1.82, 2.24) is 4.98 Å². The first kappa shape index (κ1) is 14.2. The quantitative estimate of drug-likeness (QED) is 0.783. The molecule has 2 aromatic rings. The zero-order valence-electron chi connectivity index (χ0n) is 12.4. The highest BCUT2D eigenvalue weighted by Crippen LogP contribution is 2.44. The molecule has 0 amide bonds. The standard InChI is InChI=1S/C17H15N3O2/c1-17(2)9-13(14-4-3-5-16(19-14)20-21)12-8-11(10-18)6-7-15(12)22-17/h3-8,13H,9H2,1-2H3. The summed E-state index contributed by atoms with van der Waals surface area (Å²) in [5.41, 5.74) is 1.92. The van der Waals surface area contributed by atoms with Gasteiger partial charge in [-0.2, -0.15) is 5.26 Å². The summed E-state index contributed by atoms with van der Waals surface area (Å²) in [7, 11) is 0. The number of hydrogen-bond acceptors (Lipinski definition) is 5. The van der Waals surface area contributed by atoms with Gasteiger partial charge in [0, 0.05) is 11.5 Å². The molecule has 5 nitrogen and oxygen atoms in total. The number of ether oxygens (including phenoxy) is 1. The second-order valence-corrected chi connectivity index (χ2v) is 5.99. The Labute approximate surface area is 128 Å². The molecule has 0 saturated heterocycles. The number of hydrogen-bond donors (Lipinski definition) is 0. The fraction of sp³-hybridized carbons (Fsp3) is 0.294. The summed E-state index contributed by atoms with van der Waals surface area (Å²) in [4.78, 5) is 15.1. The first-order valence-electron chi connectivity index (χ1n) is 7.06. The molecule has 2 heterocycles. The molecule has 0 N–H and O–H groups in total. The lowest BCUT2D eigenvalue weighted by molar-refractivity contribution is 0.0769. The first-order chi connectivity index (χ1) is 10.5. The number of fused-ring (bicyclic) bond motifs is 1. The van der Waals surface area contributed by atoms with Crippen molar-refractivity contribution in [3.63, 3.8) is 0 Å². The highest BCUT2D eigenvalue weighted by atomic mass is 16.5. The summed E-state index contributed by atoms with van der Waals surface area (Å²) in [5, 5.41) is 12.0. The van der Waals surface area contributed by atoms with Gasteiger partial charge in [-0.15, -0.1) is 4.91 Å². The van der Waals surface area contributed by atoms with Gasteiger partial charge in [-0.1, -0.05) is 6.07 Å². The lowest BCUT2D eigenvalue weighted by Crippen LogP contribution is -2.35. The zero-order chi connectivity index (χ0) is 15.7. The zero-order valence-corrected chi connectivity index (χ0v) is 12.4. The van der Waals surface area contributed by atoms with E-state index >= 15 is 0 Å². The summed E-state index contributed by atoms with van der Waals surface area (Å²) >= 11 is 0. The highest BCUT2D eigenvalue weighted by molar-refractivity contribution is 5.49. The third-order valence-corrected chi connectivity index (χ3v) is 3.80. The Morgan fingerprint density at radius 1 is 1.36 bits per heavy atom. The number of pyridine rings is 1. The Morgan fingerprint density at radius 3 is 2.91 bits per heavy atom. The maximum absolute atomic E-state index is 10.7. The fourth-order valence-corrected chi connectivity index (χ4v) is 2.87. The van der Waals surface area contributed by atoms with E-state index in [1.807, 2.05) is 32.0 Å². The number of nitrogens with zero attached hydrogens (tertiary/aromatic N) is 3. The lowest BCUT2D eigenvalue weighted by atomic mass is 9.81. The van der Waals surface area contributed by atoms with Gasteiger partial charge >= 0.3 is 0 Å². The Bertz CT molecular complexity index is 778. The number of nitriles is 1. The molecule has 0 saturated carbocycles. The predicted octanol–water partition coefficient (Wildman–Crippen LogP) is 4.04. The average molecular weight is 293 g/mol. The van der Waals surface area contributed by atoms with Crippen LogP contribution in [0.3, 0.4) is 0 Å². The van der Waals surface area contributed by atoms with E-state index < -0.39 is 0 Å². The molecular weight excluding hydrogens is 278 g/mol. The maximum atomic E-state index is 10.7. The van der Waals surface area contributed by atoms with Crippen LogP contribution in [0, 0.1) is 16.2 Å². The second-order valence-electron chi connectivity index (χ2n) is 5.99. The molecule has 1 unspecified atom stereocenters. The minimum Gasteiger partial charge on any atom is -0.488 e. The second kappa shape index (κ2) is 5.23. The molecule has 0 aliphatic carbocycles. The molecule has 1 aliphatic rings. The van der Waals surface area contributed by atoms with Crippen LogP contribution in [0.4, 0.5) is 5.82 Å². The van der Waals surface area contributed by atoms with E-state index in [9.17, 15) is 4.91 Å². The van der Waals surface area contributed by atoms with Crippen molar-refractivity contribution in [1.29, 1.82) is 5.26 Å². The third kappa shape index (κ3) is 2.56. The molecule has 110 valence electrons. The SMILES string of the molecule is CC1(C)CC(c2cccc(N=O)n2)c2cc(C#N)ccc2O1. The van der Waals surface area contributed by atoms with E-state index in [1.165, 1.54) is 0 Å². The van der Waals surface area contributed by atoms with Crippen LogP contribution >= 0.6 is 0 Å². The van der Waals surface area contributed by atoms with Gasteiger partial charge in [0.25, 0.3) is 0 Å². The van der Waals surface area contributed by atoms with Crippen LogP contribution in [0.1, 0.15) is 43.0 Å². The molecule has 22 heavy (non-hydrogen) atoms. The van der Waals surface area contributed by atoms with Crippen LogP contribution in [-0.4, -0.2) is 10.6 Å². The number of aromatic nitrogens is 1. The molecule has 0 fully saturated rings. The van der Waals surface area contributed by atoms with E-state index in [0.29, 0.717) is 12.0 Å². The molecule has 0 radical (unpaired) electrons. The predicted molar refractivity (Wildman–Crippen MR) is 82.0 cm³/mol. The number of benzene rings is 1. The smallest absolute Gasteiger partial charge is 0.196 e. The van der Waals surface area contributed by atoms with Crippen LogP contribution in [0.25, 0.3) is 0 Å². The number of rotatable bonds is 2. The van der Waals surface area contributed by atoms with Crippen LogP contribution in [0.5, 0.6) is 5.75 Å². The van der Waals surface area contributed by atoms with Gasteiger partial charge in [-0.3, -0.25) is 0 Å². The van der Waals surface area contributed by atoms with Crippen molar-refractivity contribution < 1.29 is 4.74 Å². The fourth-order valence-electron chi connectivity index (χ4n) is 2.87. The largest absolute Gasteiger partial charge is 0.488 e. The van der Waals surface area contributed by atoms with Crippen molar-refractivity contribution in [2.75, 3.05) is 0 Å². The van der Waals surface area contributed by atoms with Crippen molar-refractivity contribution in [3.8, 4) is 11.8 Å². The summed E-state index contributed by atoms with van der Waals surface area (Å²) in [6.07, 6.45) is 0.712. The maximum Gasteiger partial charge on any atom is 0.196 e. The van der Waals surface area contributed by atoms with Crippen LogP contribution < -0.4 is 4.74 Å². The summed E-state index contributed by atoms with van der Waals surface area (Å²) in [6, 6.07) is 12.8. The monoisotopic (exact) mass is 293 g/mol. The van der Waals surface area contributed by atoms with Crippen molar-refractivity contribution in [3.05, 3.63) is 58.1 Å². The Balaban J connectivity index is 2.14. The summed E-state index contributed by atoms with van der Waals surface area (Å²) in [5.74, 6) is 0.889. The van der Waals surface area contributed by atoms with E-state index in [2.05, 4.69) is 16.2 Å². The van der Waals surface area contributed by atoms with Gasteiger partial charge in [0.05, 0.1) is 17.3 Å². The molecule has 1 aliphatic heterocycles.